The maximum absolute atomic E-state index is 9.53. The van der Waals surface area contributed by atoms with Crippen molar-refractivity contribution in [1.29, 1.82) is 0 Å². The molecule has 0 aliphatic heterocycles. The lowest BCUT2D eigenvalue weighted by Crippen LogP contribution is -2.13. The fourth-order valence-electron chi connectivity index (χ4n) is 1.09. The zero-order chi connectivity index (χ0) is 9.68. The monoisotopic (exact) mass is 261 g/mol. The maximum Gasteiger partial charge on any atom is 0.0671 e. The summed E-state index contributed by atoms with van der Waals surface area (Å²) in [7, 11) is 0. The van der Waals surface area contributed by atoms with Crippen LogP contribution in [0.1, 0.15) is 5.56 Å². The lowest BCUT2D eigenvalue weighted by Gasteiger charge is -2.08. The van der Waals surface area contributed by atoms with Crippen LogP contribution in [0.15, 0.2) is 22.9 Å². The Hall–Kier alpha value is -0.0600. The molecule has 13 heavy (non-hydrogen) atoms. The van der Waals surface area contributed by atoms with Gasteiger partial charge in [0.15, 0.2) is 0 Å². The molecule has 0 saturated carbocycles. The number of hydrogen-bond acceptors (Lipinski definition) is 3. The standard InChI is InChI=1S/C9H12BrNOS/c1-13-6-9(12)3-7-2-8(10)5-11-4-7/h2,4-5,9,12H,3,6H2,1H3. The van der Waals surface area contributed by atoms with Crippen molar-refractivity contribution in [3.63, 3.8) is 0 Å². The molecule has 1 rings (SSSR count). The van der Waals surface area contributed by atoms with Gasteiger partial charge in [0.1, 0.15) is 0 Å². The Morgan fingerprint density at radius 2 is 2.38 bits per heavy atom. The third kappa shape index (κ3) is 4.11. The zero-order valence-electron chi connectivity index (χ0n) is 7.40. The predicted octanol–water partition coefficient (Wildman–Crippen LogP) is 2.11. The fraction of sp³-hybridized carbons (Fsp3) is 0.444. The van der Waals surface area contributed by atoms with E-state index in [2.05, 4.69) is 20.9 Å². The van der Waals surface area contributed by atoms with E-state index in [9.17, 15) is 5.11 Å². The second-order valence-electron chi connectivity index (χ2n) is 2.82. The van der Waals surface area contributed by atoms with Gasteiger partial charge in [-0.25, -0.2) is 0 Å². The van der Waals surface area contributed by atoms with Gasteiger partial charge >= 0.3 is 0 Å². The molecule has 0 spiro atoms. The first-order valence-electron chi connectivity index (χ1n) is 3.99. The number of nitrogens with zero attached hydrogens (tertiary/aromatic N) is 1. The van der Waals surface area contributed by atoms with E-state index in [0.29, 0.717) is 6.42 Å². The van der Waals surface area contributed by atoms with Gasteiger partial charge in [-0.15, -0.1) is 0 Å². The molecule has 0 aromatic carbocycles. The van der Waals surface area contributed by atoms with Crippen LogP contribution in [-0.2, 0) is 6.42 Å². The molecule has 0 aliphatic carbocycles. The van der Waals surface area contributed by atoms with Gasteiger partial charge < -0.3 is 5.11 Å². The molecule has 1 unspecified atom stereocenters. The highest BCUT2D eigenvalue weighted by atomic mass is 79.9. The topological polar surface area (TPSA) is 33.1 Å². The van der Waals surface area contributed by atoms with E-state index >= 15 is 0 Å². The smallest absolute Gasteiger partial charge is 0.0671 e. The summed E-state index contributed by atoms with van der Waals surface area (Å²) in [5, 5.41) is 9.53. The van der Waals surface area contributed by atoms with Gasteiger partial charge in [0.05, 0.1) is 6.10 Å². The quantitative estimate of drug-likeness (QED) is 0.902. The number of pyridine rings is 1. The van der Waals surface area contributed by atoms with Crippen molar-refractivity contribution in [2.75, 3.05) is 12.0 Å². The Kier molecular flexibility index (Phi) is 4.77. The summed E-state index contributed by atoms with van der Waals surface area (Å²) in [6.45, 7) is 0. The molecule has 0 radical (unpaired) electrons. The predicted molar refractivity (Wildman–Crippen MR) is 60.0 cm³/mol. The first kappa shape index (κ1) is 11.0. The third-order valence-electron chi connectivity index (χ3n) is 1.59. The Morgan fingerprint density at radius 1 is 1.62 bits per heavy atom. The van der Waals surface area contributed by atoms with Crippen LogP contribution in [0, 0.1) is 0 Å². The second-order valence-corrected chi connectivity index (χ2v) is 4.65. The van der Waals surface area contributed by atoms with Gasteiger partial charge in [-0.1, -0.05) is 0 Å². The lowest BCUT2D eigenvalue weighted by atomic mass is 10.1. The number of aliphatic hydroxyl groups is 1. The van der Waals surface area contributed by atoms with Crippen LogP contribution in [0.5, 0.6) is 0 Å². The van der Waals surface area contributed by atoms with Crippen LogP contribution < -0.4 is 0 Å². The molecule has 72 valence electrons. The number of halogens is 1. The molecule has 1 heterocycles. The summed E-state index contributed by atoms with van der Waals surface area (Å²) in [5.74, 6) is 0.770. The van der Waals surface area contributed by atoms with Gasteiger partial charge in [0.2, 0.25) is 0 Å². The Morgan fingerprint density at radius 3 is 3.00 bits per heavy atom. The number of hydrogen-bond donors (Lipinski definition) is 1. The molecule has 0 fully saturated rings. The van der Waals surface area contributed by atoms with Crippen LogP contribution >= 0.6 is 27.7 Å². The van der Waals surface area contributed by atoms with Crippen molar-refractivity contribution in [2.24, 2.45) is 0 Å². The van der Waals surface area contributed by atoms with Gasteiger partial charge in [-0.2, -0.15) is 11.8 Å². The van der Waals surface area contributed by atoms with Gasteiger partial charge in [-0.3, -0.25) is 4.98 Å². The minimum atomic E-state index is -0.272. The SMILES string of the molecule is CSCC(O)Cc1cncc(Br)c1. The van der Waals surface area contributed by atoms with E-state index in [-0.39, 0.29) is 6.10 Å². The normalized spacial score (nSPS) is 12.8. The van der Waals surface area contributed by atoms with E-state index in [4.69, 9.17) is 0 Å². The molecule has 0 bridgehead atoms. The van der Waals surface area contributed by atoms with Crippen molar-refractivity contribution in [3.8, 4) is 0 Å². The third-order valence-corrected chi connectivity index (χ3v) is 2.74. The summed E-state index contributed by atoms with van der Waals surface area (Å²) >= 11 is 4.99. The molecule has 4 heteroatoms. The largest absolute Gasteiger partial charge is 0.392 e. The number of rotatable bonds is 4. The van der Waals surface area contributed by atoms with E-state index in [1.165, 1.54) is 0 Å². The second kappa shape index (κ2) is 5.62. The summed E-state index contributed by atoms with van der Waals surface area (Å²) in [6, 6.07) is 1.98. The van der Waals surface area contributed by atoms with Crippen LogP contribution in [0.4, 0.5) is 0 Å². The average molecular weight is 262 g/mol. The van der Waals surface area contributed by atoms with E-state index in [0.717, 1.165) is 15.8 Å². The zero-order valence-corrected chi connectivity index (χ0v) is 9.81. The summed E-state index contributed by atoms with van der Waals surface area (Å²) < 4.78 is 0.960. The summed E-state index contributed by atoms with van der Waals surface area (Å²) in [6.07, 6.45) is 5.92. The molecular formula is C9H12BrNOS. The molecule has 0 saturated heterocycles. The minimum absolute atomic E-state index is 0.272. The van der Waals surface area contributed by atoms with Crippen molar-refractivity contribution >= 4 is 27.7 Å². The first-order chi connectivity index (χ1) is 6.22. The van der Waals surface area contributed by atoms with Gasteiger partial charge in [-0.05, 0) is 33.8 Å². The number of thioether (sulfide) groups is 1. The molecule has 1 aromatic heterocycles. The minimum Gasteiger partial charge on any atom is -0.392 e. The van der Waals surface area contributed by atoms with Crippen molar-refractivity contribution in [1.82, 2.24) is 4.98 Å². The lowest BCUT2D eigenvalue weighted by molar-refractivity contribution is 0.200. The van der Waals surface area contributed by atoms with Crippen LogP contribution in [-0.4, -0.2) is 28.2 Å². The Balaban J connectivity index is 2.53. The Labute approximate surface area is 90.9 Å². The Bertz CT molecular complexity index is 270. The number of aliphatic hydroxyl groups excluding tert-OH is 1. The van der Waals surface area contributed by atoms with Gasteiger partial charge in [0, 0.05) is 29.0 Å². The highest BCUT2D eigenvalue weighted by Gasteiger charge is 2.04. The summed E-state index contributed by atoms with van der Waals surface area (Å²) in [4.78, 5) is 4.03. The molecule has 1 aromatic rings. The van der Waals surface area contributed by atoms with E-state index in [1.54, 1.807) is 24.2 Å². The first-order valence-corrected chi connectivity index (χ1v) is 6.17. The average Bonchev–Trinajstić information content (AvgIpc) is 2.04. The van der Waals surface area contributed by atoms with E-state index in [1.807, 2.05) is 12.3 Å². The molecule has 1 N–H and O–H groups in total. The van der Waals surface area contributed by atoms with Crippen LogP contribution in [0.25, 0.3) is 0 Å². The van der Waals surface area contributed by atoms with Crippen molar-refractivity contribution in [2.45, 2.75) is 12.5 Å². The molecular weight excluding hydrogens is 250 g/mol. The van der Waals surface area contributed by atoms with E-state index < -0.39 is 0 Å². The molecule has 0 amide bonds. The number of aromatic nitrogens is 1. The highest BCUT2D eigenvalue weighted by Crippen LogP contribution is 2.12. The van der Waals surface area contributed by atoms with Crippen LogP contribution in [0.3, 0.4) is 0 Å². The molecule has 0 aliphatic rings. The molecule has 2 nitrogen and oxygen atoms in total. The summed E-state index contributed by atoms with van der Waals surface area (Å²) in [5.41, 5.74) is 1.07. The van der Waals surface area contributed by atoms with Gasteiger partial charge in [0.25, 0.3) is 0 Å². The fourth-order valence-corrected chi connectivity index (χ4v) is 2.01. The van der Waals surface area contributed by atoms with Crippen molar-refractivity contribution < 1.29 is 5.11 Å². The highest BCUT2D eigenvalue weighted by molar-refractivity contribution is 9.10. The van der Waals surface area contributed by atoms with Crippen molar-refractivity contribution in [3.05, 3.63) is 28.5 Å². The van der Waals surface area contributed by atoms with Crippen LogP contribution in [0.2, 0.25) is 0 Å². The molecule has 1 atom stereocenters. The maximum atomic E-state index is 9.53.